The van der Waals surface area contributed by atoms with Crippen molar-refractivity contribution < 1.29 is 0 Å². The number of hydrogen-bond donors (Lipinski definition) is 0. The molecular formula is C55H35NS. The van der Waals surface area contributed by atoms with Gasteiger partial charge in [0.1, 0.15) is 0 Å². The summed E-state index contributed by atoms with van der Waals surface area (Å²) in [6.45, 7) is 0. The first-order valence-corrected chi connectivity index (χ1v) is 20.5. The first-order chi connectivity index (χ1) is 28.3. The van der Waals surface area contributed by atoms with Gasteiger partial charge in [-0.2, -0.15) is 0 Å². The number of hydrogen-bond acceptors (Lipinski definition) is 2. The lowest BCUT2D eigenvalue weighted by molar-refractivity contribution is 0.725. The Bertz CT molecular complexity index is 3130. The first kappa shape index (κ1) is 32.4. The second kappa shape index (κ2) is 12.6. The lowest BCUT2D eigenvalue weighted by atomic mass is 9.67. The van der Waals surface area contributed by atoms with E-state index in [-0.39, 0.29) is 0 Å². The molecule has 12 rings (SSSR count). The fraction of sp³-hybridized carbons (Fsp3) is 0.0182. The van der Waals surface area contributed by atoms with Gasteiger partial charge in [0.2, 0.25) is 0 Å². The van der Waals surface area contributed by atoms with Crippen molar-refractivity contribution in [2.24, 2.45) is 0 Å². The predicted octanol–water partition coefficient (Wildman–Crippen LogP) is 15.1. The molecule has 1 nitrogen and oxygen atoms in total. The highest BCUT2D eigenvalue weighted by Gasteiger charge is 2.50. The van der Waals surface area contributed by atoms with E-state index in [9.17, 15) is 0 Å². The number of rotatable bonds is 5. The molecule has 1 heterocycles. The minimum absolute atomic E-state index is 0.461. The van der Waals surface area contributed by atoms with Crippen LogP contribution in [0.5, 0.6) is 0 Å². The molecule has 0 unspecified atom stereocenters. The van der Waals surface area contributed by atoms with Crippen molar-refractivity contribution in [1.82, 2.24) is 0 Å². The minimum Gasteiger partial charge on any atom is -0.309 e. The largest absolute Gasteiger partial charge is 0.309 e. The average Bonchev–Trinajstić information content (AvgIpc) is 3.58. The van der Waals surface area contributed by atoms with Crippen molar-refractivity contribution in [2.75, 3.05) is 4.90 Å². The molecule has 10 aromatic carbocycles. The SMILES string of the molecule is c1ccc(-c2ccc(N(c3ccc(-c4cccc5ccccc45)cc3)c3cccc4c3Sc3ccccc3C43c4cccc5ccc6cccc3c6c45)cc2)cc1. The molecular weight excluding hydrogens is 707 g/mol. The van der Waals surface area contributed by atoms with Gasteiger partial charge in [0, 0.05) is 21.2 Å². The minimum atomic E-state index is -0.461. The highest BCUT2D eigenvalue weighted by Crippen LogP contribution is 2.63. The van der Waals surface area contributed by atoms with Gasteiger partial charge in [-0.25, -0.2) is 0 Å². The summed E-state index contributed by atoms with van der Waals surface area (Å²) >= 11 is 1.91. The molecule has 57 heavy (non-hydrogen) atoms. The Kier molecular flexibility index (Phi) is 7.14. The molecule has 0 N–H and O–H groups in total. The highest BCUT2D eigenvalue weighted by atomic mass is 32.2. The summed E-state index contributed by atoms with van der Waals surface area (Å²) in [5, 5.41) is 7.86. The van der Waals surface area contributed by atoms with Crippen LogP contribution in [0.25, 0.3) is 54.6 Å². The maximum absolute atomic E-state index is 2.47. The van der Waals surface area contributed by atoms with E-state index in [0.717, 1.165) is 11.4 Å². The maximum Gasteiger partial charge on any atom is 0.0736 e. The van der Waals surface area contributed by atoms with E-state index in [4.69, 9.17) is 0 Å². The molecule has 2 heteroatoms. The van der Waals surface area contributed by atoms with Crippen molar-refractivity contribution in [1.29, 1.82) is 0 Å². The number of nitrogens with zero attached hydrogens (tertiary/aromatic N) is 1. The molecule has 0 bridgehead atoms. The topological polar surface area (TPSA) is 3.24 Å². The van der Waals surface area contributed by atoms with E-state index in [2.05, 4.69) is 217 Å². The Morgan fingerprint density at radius 3 is 1.61 bits per heavy atom. The smallest absolute Gasteiger partial charge is 0.0736 e. The summed E-state index contributed by atoms with van der Waals surface area (Å²) in [6.07, 6.45) is 0. The van der Waals surface area contributed by atoms with E-state index in [0.29, 0.717) is 0 Å². The van der Waals surface area contributed by atoms with E-state index in [1.54, 1.807) is 0 Å². The first-order valence-electron chi connectivity index (χ1n) is 19.7. The molecule has 0 radical (unpaired) electrons. The summed E-state index contributed by atoms with van der Waals surface area (Å²) in [5.41, 5.74) is 13.2. The van der Waals surface area contributed by atoms with Crippen molar-refractivity contribution >= 4 is 61.1 Å². The van der Waals surface area contributed by atoms with Gasteiger partial charge >= 0.3 is 0 Å². The summed E-state index contributed by atoms with van der Waals surface area (Å²) in [5.74, 6) is 0. The van der Waals surface area contributed by atoms with Crippen LogP contribution in [0.3, 0.4) is 0 Å². The molecule has 1 spiro atoms. The third-order valence-corrected chi connectivity index (χ3v) is 13.5. The lowest BCUT2D eigenvalue weighted by Gasteiger charge is -2.41. The normalized spacial score (nSPS) is 13.3. The van der Waals surface area contributed by atoms with Gasteiger partial charge in [-0.05, 0) is 113 Å². The third kappa shape index (κ3) is 4.72. The summed E-state index contributed by atoms with van der Waals surface area (Å²) in [7, 11) is 0. The van der Waals surface area contributed by atoms with Gasteiger partial charge < -0.3 is 4.90 Å². The van der Waals surface area contributed by atoms with Crippen molar-refractivity contribution in [3.8, 4) is 22.3 Å². The van der Waals surface area contributed by atoms with Gasteiger partial charge in [-0.1, -0.05) is 188 Å². The van der Waals surface area contributed by atoms with Crippen LogP contribution in [0, 0.1) is 0 Å². The van der Waals surface area contributed by atoms with Crippen LogP contribution >= 0.6 is 11.8 Å². The Morgan fingerprint density at radius 1 is 0.351 bits per heavy atom. The average molecular weight is 742 g/mol. The van der Waals surface area contributed by atoms with Gasteiger partial charge in [0.05, 0.1) is 11.1 Å². The monoisotopic (exact) mass is 741 g/mol. The lowest BCUT2D eigenvalue weighted by Crippen LogP contribution is -2.32. The van der Waals surface area contributed by atoms with Crippen molar-refractivity contribution in [2.45, 2.75) is 15.2 Å². The standard InChI is InChI=1S/C55H35NS/c1-2-12-36(13-3-1)37-28-32-42(33-29-37)56(43-34-30-39(31-35-43)45-19-8-15-38-14-4-5-18-44(38)45)50-24-11-23-49-54(50)57-51-25-7-6-20-46(51)55(49)47-21-9-16-40-26-27-41-17-10-22-48(55)53(41)52(40)47/h1-35H. The molecule has 0 fully saturated rings. The van der Waals surface area contributed by atoms with Crippen LogP contribution < -0.4 is 4.90 Å². The van der Waals surface area contributed by atoms with Gasteiger partial charge in [0.25, 0.3) is 0 Å². The Hall–Kier alpha value is -6.87. The van der Waals surface area contributed by atoms with E-state index < -0.39 is 5.41 Å². The maximum atomic E-state index is 2.47. The second-order valence-corrected chi connectivity index (χ2v) is 16.2. The fourth-order valence-corrected chi connectivity index (χ4v) is 11.2. The van der Waals surface area contributed by atoms with Crippen molar-refractivity contribution in [3.63, 3.8) is 0 Å². The molecule has 1 aliphatic heterocycles. The van der Waals surface area contributed by atoms with Crippen LogP contribution in [0.15, 0.2) is 222 Å². The number of benzene rings is 10. The molecule has 10 aromatic rings. The highest BCUT2D eigenvalue weighted by molar-refractivity contribution is 7.99. The molecule has 0 saturated carbocycles. The van der Waals surface area contributed by atoms with E-state index in [1.165, 1.54) is 92.3 Å². The van der Waals surface area contributed by atoms with E-state index >= 15 is 0 Å². The summed E-state index contributed by atoms with van der Waals surface area (Å²) in [6, 6.07) is 78.7. The number of fused-ring (bicyclic) bond motifs is 7. The van der Waals surface area contributed by atoms with Crippen molar-refractivity contribution in [3.05, 3.63) is 235 Å². The van der Waals surface area contributed by atoms with Gasteiger partial charge in [-0.3, -0.25) is 0 Å². The summed E-state index contributed by atoms with van der Waals surface area (Å²) < 4.78 is 0. The predicted molar refractivity (Wildman–Crippen MR) is 241 cm³/mol. The third-order valence-electron chi connectivity index (χ3n) is 12.3. The molecule has 0 amide bonds. The molecule has 0 saturated heterocycles. The fourth-order valence-electron chi connectivity index (χ4n) is 9.86. The zero-order valence-corrected chi connectivity index (χ0v) is 31.9. The van der Waals surface area contributed by atoms with Gasteiger partial charge in [-0.15, -0.1) is 0 Å². The zero-order valence-electron chi connectivity index (χ0n) is 31.1. The van der Waals surface area contributed by atoms with Crippen LogP contribution in [0.4, 0.5) is 17.1 Å². The number of anilines is 3. The van der Waals surface area contributed by atoms with Crippen LogP contribution in [-0.2, 0) is 5.41 Å². The molecule has 0 atom stereocenters. The van der Waals surface area contributed by atoms with Gasteiger partial charge in [0.15, 0.2) is 0 Å². The van der Waals surface area contributed by atoms with E-state index in [1.807, 2.05) is 11.8 Å². The molecule has 0 aromatic heterocycles. The zero-order chi connectivity index (χ0) is 37.5. The molecule has 2 aliphatic rings. The van der Waals surface area contributed by atoms with Crippen LogP contribution in [0.1, 0.15) is 22.3 Å². The van der Waals surface area contributed by atoms with Crippen LogP contribution in [-0.4, -0.2) is 0 Å². The van der Waals surface area contributed by atoms with Crippen LogP contribution in [0.2, 0.25) is 0 Å². The Labute approximate surface area is 336 Å². The Morgan fingerprint density at radius 2 is 0.877 bits per heavy atom. The molecule has 266 valence electrons. The Balaban J connectivity index is 1.10. The molecule has 1 aliphatic carbocycles. The summed E-state index contributed by atoms with van der Waals surface area (Å²) in [4.78, 5) is 5.05. The second-order valence-electron chi connectivity index (χ2n) is 15.2. The quantitative estimate of drug-likeness (QED) is 0.162.